The van der Waals surface area contributed by atoms with Crippen molar-refractivity contribution >= 4 is 49.6 Å². The molecule has 0 aliphatic rings. The molecular formula is C14H13CaNO4. The first-order valence-electron chi connectivity index (χ1n) is 5.53. The maximum absolute atomic E-state index is 11.7. The maximum atomic E-state index is 11.7. The van der Waals surface area contributed by atoms with Crippen LogP contribution in [0.3, 0.4) is 0 Å². The SMILES string of the molecule is O=C(NOc1ccccc1C(=O)O)c1ccccc1.[Ca+2].[H-].[H-]. The smallest absolute Gasteiger partial charge is 1.00 e. The van der Waals surface area contributed by atoms with E-state index in [0.29, 0.717) is 5.56 Å². The molecule has 0 radical (unpaired) electrons. The zero-order chi connectivity index (χ0) is 13.7. The van der Waals surface area contributed by atoms with E-state index in [1.54, 1.807) is 42.5 Å². The average molecular weight is 299 g/mol. The minimum atomic E-state index is -1.12. The number of carboxylic acid groups (broad SMARTS) is 1. The number of hydroxylamine groups is 1. The van der Waals surface area contributed by atoms with E-state index in [9.17, 15) is 9.59 Å². The molecule has 0 unspecified atom stereocenters. The molecule has 2 rings (SSSR count). The number of hydrogen-bond donors (Lipinski definition) is 2. The van der Waals surface area contributed by atoms with Crippen LogP contribution in [0.5, 0.6) is 5.75 Å². The fraction of sp³-hybridized carbons (Fsp3) is 0. The molecule has 0 heterocycles. The van der Waals surface area contributed by atoms with Gasteiger partial charge in [-0.25, -0.2) is 4.79 Å². The molecular weight excluding hydrogens is 286 g/mol. The molecule has 0 atom stereocenters. The van der Waals surface area contributed by atoms with Crippen molar-refractivity contribution in [3.8, 4) is 5.75 Å². The number of carbonyl (C=O) groups is 2. The van der Waals surface area contributed by atoms with Gasteiger partial charge < -0.3 is 12.8 Å². The number of benzene rings is 2. The average Bonchev–Trinajstić information content (AvgIpc) is 2.46. The molecule has 0 fully saturated rings. The second kappa shape index (κ2) is 7.89. The summed E-state index contributed by atoms with van der Waals surface area (Å²) in [5.41, 5.74) is 2.62. The molecule has 2 N–H and O–H groups in total. The number of para-hydroxylation sites is 1. The zero-order valence-corrected chi connectivity index (χ0v) is 12.8. The fourth-order valence-electron chi connectivity index (χ4n) is 1.48. The van der Waals surface area contributed by atoms with Gasteiger partial charge in [-0.05, 0) is 24.3 Å². The number of carbonyl (C=O) groups excluding carboxylic acids is 1. The van der Waals surface area contributed by atoms with Gasteiger partial charge in [-0.1, -0.05) is 30.3 Å². The molecule has 2 aromatic carbocycles. The Morgan fingerprint density at radius 3 is 2.25 bits per heavy atom. The Hall–Kier alpha value is -1.56. The van der Waals surface area contributed by atoms with Crippen molar-refractivity contribution in [1.29, 1.82) is 0 Å². The number of rotatable bonds is 4. The summed E-state index contributed by atoms with van der Waals surface area (Å²) >= 11 is 0. The van der Waals surface area contributed by atoms with Crippen LogP contribution in [0.4, 0.5) is 0 Å². The van der Waals surface area contributed by atoms with Gasteiger partial charge >= 0.3 is 43.7 Å². The van der Waals surface area contributed by atoms with Crippen LogP contribution in [0.25, 0.3) is 0 Å². The summed E-state index contributed by atoms with van der Waals surface area (Å²) in [6.45, 7) is 0. The normalized spacial score (nSPS) is 9.20. The monoisotopic (exact) mass is 299 g/mol. The summed E-state index contributed by atoms with van der Waals surface area (Å²) < 4.78 is 0. The quantitative estimate of drug-likeness (QED) is 0.668. The topological polar surface area (TPSA) is 75.6 Å². The van der Waals surface area contributed by atoms with Crippen molar-refractivity contribution in [2.45, 2.75) is 0 Å². The van der Waals surface area contributed by atoms with E-state index in [0.717, 1.165) is 0 Å². The molecule has 6 heteroatoms. The molecule has 1 amide bonds. The molecule has 0 saturated heterocycles. The molecule has 20 heavy (non-hydrogen) atoms. The third-order valence-corrected chi connectivity index (χ3v) is 2.41. The van der Waals surface area contributed by atoms with Crippen molar-refractivity contribution in [3.63, 3.8) is 0 Å². The summed E-state index contributed by atoms with van der Waals surface area (Å²) in [5, 5.41) is 8.96. The van der Waals surface area contributed by atoms with Crippen LogP contribution in [0.15, 0.2) is 54.6 Å². The van der Waals surface area contributed by atoms with E-state index in [-0.39, 0.29) is 51.9 Å². The van der Waals surface area contributed by atoms with Gasteiger partial charge in [0.25, 0.3) is 5.91 Å². The van der Waals surface area contributed by atoms with Crippen LogP contribution in [-0.4, -0.2) is 54.7 Å². The predicted octanol–water partition coefficient (Wildman–Crippen LogP) is 1.95. The van der Waals surface area contributed by atoms with Gasteiger partial charge in [-0.3, -0.25) is 4.79 Å². The molecule has 0 aliphatic heterocycles. The van der Waals surface area contributed by atoms with E-state index < -0.39 is 11.9 Å². The Bertz CT molecular complexity index is 611. The Kier molecular flexibility index (Phi) is 6.51. The Balaban J connectivity index is 0. The van der Waals surface area contributed by atoms with Gasteiger partial charge in [0, 0.05) is 5.56 Å². The van der Waals surface area contributed by atoms with Crippen LogP contribution in [0.2, 0.25) is 0 Å². The Morgan fingerprint density at radius 1 is 1.00 bits per heavy atom. The van der Waals surface area contributed by atoms with E-state index in [1.807, 2.05) is 0 Å². The molecule has 100 valence electrons. The van der Waals surface area contributed by atoms with Gasteiger partial charge in [-0.15, -0.1) is 0 Å². The number of aromatic carboxylic acids is 1. The number of hydrogen-bond acceptors (Lipinski definition) is 3. The van der Waals surface area contributed by atoms with E-state index in [2.05, 4.69) is 5.48 Å². The molecule has 2 aromatic rings. The van der Waals surface area contributed by atoms with Crippen molar-refractivity contribution in [2.24, 2.45) is 0 Å². The second-order valence-corrected chi connectivity index (χ2v) is 3.70. The largest absolute Gasteiger partial charge is 2.00 e. The van der Waals surface area contributed by atoms with E-state index >= 15 is 0 Å². The van der Waals surface area contributed by atoms with Gasteiger partial charge in [0.2, 0.25) is 0 Å². The standard InChI is InChI=1S/C14H11NO4.Ca.2H/c16-13(10-6-2-1-3-7-10)15-19-12-9-5-4-8-11(12)14(17)18;;;/h1-9H,(H,15,16)(H,17,18);;;/q;+2;2*-1. The summed E-state index contributed by atoms with van der Waals surface area (Å²) in [6.07, 6.45) is 0. The second-order valence-electron chi connectivity index (χ2n) is 3.70. The number of amides is 1. The first-order chi connectivity index (χ1) is 9.18. The van der Waals surface area contributed by atoms with Crippen molar-refractivity contribution in [3.05, 3.63) is 65.7 Å². The predicted molar refractivity (Wildman–Crippen MR) is 75.9 cm³/mol. The van der Waals surface area contributed by atoms with Gasteiger partial charge in [0.1, 0.15) is 5.56 Å². The molecule has 0 bridgehead atoms. The molecule has 0 aromatic heterocycles. The van der Waals surface area contributed by atoms with E-state index in [4.69, 9.17) is 9.94 Å². The van der Waals surface area contributed by atoms with E-state index in [1.165, 1.54) is 12.1 Å². The third-order valence-electron chi connectivity index (χ3n) is 2.41. The van der Waals surface area contributed by atoms with Crippen molar-refractivity contribution < 1.29 is 22.4 Å². The maximum Gasteiger partial charge on any atom is 2.00 e. The Morgan fingerprint density at radius 2 is 1.60 bits per heavy atom. The summed E-state index contributed by atoms with van der Waals surface area (Å²) in [7, 11) is 0. The zero-order valence-electron chi connectivity index (χ0n) is 12.6. The van der Waals surface area contributed by atoms with Crippen LogP contribution in [-0.2, 0) is 0 Å². The number of carboxylic acids is 1. The third kappa shape index (κ3) is 4.23. The van der Waals surface area contributed by atoms with Crippen molar-refractivity contribution in [1.82, 2.24) is 5.48 Å². The van der Waals surface area contributed by atoms with Crippen LogP contribution in [0.1, 0.15) is 23.6 Å². The summed E-state index contributed by atoms with van der Waals surface area (Å²) in [4.78, 5) is 27.7. The van der Waals surface area contributed by atoms with Crippen LogP contribution in [0, 0.1) is 0 Å². The first kappa shape index (κ1) is 16.5. The fourth-order valence-corrected chi connectivity index (χ4v) is 1.48. The first-order valence-corrected chi connectivity index (χ1v) is 5.53. The van der Waals surface area contributed by atoms with Crippen molar-refractivity contribution in [2.75, 3.05) is 0 Å². The molecule has 5 nitrogen and oxygen atoms in total. The van der Waals surface area contributed by atoms with Gasteiger partial charge in [0.05, 0.1) is 0 Å². The minimum absolute atomic E-state index is 0. The summed E-state index contributed by atoms with van der Waals surface area (Å²) in [5.74, 6) is -1.48. The molecule has 0 saturated carbocycles. The van der Waals surface area contributed by atoms with Crippen LogP contribution < -0.4 is 10.3 Å². The molecule has 0 spiro atoms. The number of nitrogens with one attached hydrogen (secondary N) is 1. The summed E-state index contributed by atoms with van der Waals surface area (Å²) in [6, 6.07) is 14.5. The Labute approximate surface area is 148 Å². The van der Waals surface area contributed by atoms with Gasteiger partial charge in [-0.2, -0.15) is 5.48 Å². The molecule has 0 aliphatic carbocycles. The van der Waals surface area contributed by atoms with Gasteiger partial charge in [0.15, 0.2) is 5.75 Å². The van der Waals surface area contributed by atoms with Crippen LogP contribution >= 0.6 is 0 Å². The minimum Gasteiger partial charge on any atom is -1.00 e.